The highest BCUT2D eigenvalue weighted by Crippen LogP contribution is 2.28. The fourth-order valence-corrected chi connectivity index (χ4v) is 2.42. The van der Waals surface area contributed by atoms with Crippen LogP contribution in [-0.4, -0.2) is 22.6 Å². The molecule has 0 spiro atoms. The number of carbonyl (C=O) groups is 1. The largest absolute Gasteiger partial charge is 0.492 e. The Labute approximate surface area is 118 Å². The Morgan fingerprint density at radius 3 is 2.80 bits per heavy atom. The maximum atomic E-state index is 11.2. The highest BCUT2D eigenvalue weighted by atomic mass is 32.1. The van der Waals surface area contributed by atoms with Crippen LogP contribution in [0.2, 0.25) is 0 Å². The summed E-state index contributed by atoms with van der Waals surface area (Å²) in [6.45, 7) is 0.262. The molecule has 20 heavy (non-hydrogen) atoms. The van der Waals surface area contributed by atoms with Gasteiger partial charge in [-0.15, -0.1) is 0 Å². The lowest BCUT2D eigenvalue weighted by Gasteiger charge is -2.08. The molecule has 1 aromatic heterocycles. The number of nitro groups is 1. The highest BCUT2D eigenvalue weighted by molar-refractivity contribution is 7.07. The van der Waals surface area contributed by atoms with E-state index in [1.54, 1.807) is 11.3 Å². The van der Waals surface area contributed by atoms with E-state index in [4.69, 9.17) is 9.84 Å². The highest BCUT2D eigenvalue weighted by Gasteiger charge is 2.24. The third-order valence-electron chi connectivity index (χ3n) is 2.64. The minimum Gasteiger partial charge on any atom is -0.492 e. The first kappa shape index (κ1) is 14.0. The second-order valence-electron chi connectivity index (χ2n) is 3.94. The van der Waals surface area contributed by atoms with Crippen molar-refractivity contribution >= 4 is 23.0 Å². The molecule has 0 aliphatic rings. The van der Waals surface area contributed by atoms with E-state index >= 15 is 0 Å². The Hall–Kier alpha value is -2.41. The topological polar surface area (TPSA) is 89.7 Å². The van der Waals surface area contributed by atoms with Crippen LogP contribution in [0.1, 0.15) is 15.9 Å². The second-order valence-corrected chi connectivity index (χ2v) is 4.72. The molecule has 0 bridgehead atoms. The number of carboxylic acid groups (broad SMARTS) is 1. The molecule has 6 nitrogen and oxygen atoms in total. The molecule has 0 saturated carbocycles. The minimum absolute atomic E-state index is 0.0157. The lowest BCUT2D eigenvalue weighted by Crippen LogP contribution is -2.08. The monoisotopic (exact) mass is 293 g/mol. The van der Waals surface area contributed by atoms with Crippen LogP contribution < -0.4 is 4.74 Å². The molecule has 1 N–H and O–H groups in total. The van der Waals surface area contributed by atoms with Crippen molar-refractivity contribution < 1.29 is 19.6 Å². The summed E-state index contributed by atoms with van der Waals surface area (Å²) in [6.07, 6.45) is 0.616. The number of benzene rings is 1. The van der Waals surface area contributed by atoms with Crippen LogP contribution in [0.4, 0.5) is 5.69 Å². The molecule has 2 aromatic rings. The van der Waals surface area contributed by atoms with Gasteiger partial charge in [0.15, 0.2) is 5.56 Å². The van der Waals surface area contributed by atoms with E-state index in [-0.39, 0.29) is 12.4 Å². The van der Waals surface area contributed by atoms with E-state index in [9.17, 15) is 14.9 Å². The van der Waals surface area contributed by atoms with Crippen molar-refractivity contribution in [2.75, 3.05) is 6.61 Å². The Morgan fingerprint density at radius 1 is 1.40 bits per heavy atom. The molecule has 0 atom stereocenters. The van der Waals surface area contributed by atoms with E-state index in [1.807, 2.05) is 16.8 Å². The summed E-state index contributed by atoms with van der Waals surface area (Å²) in [5, 5.41) is 23.8. The Morgan fingerprint density at radius 2 is 2.20 bits per heavy atom. The van der Waals surface area contributed by atoms with Crippen LogP contribution in [0.3, 0.4) is 0 Å². The molecular formula is C13H11NO5S. The van der Waals surface area contributed by atoms with Crippen molar-refractivity contribution in [3.63, 3.8) is 0 Å². The predicted octanol–water partition coefficient (Wildman–Crippen LogP) is 2.98. The number of hydrogen-bond acceptors (Lipinski definition) is 5. The van der Waals surface area contributed by atoms with Gasteiger partial charge >= 0.3 is 5.97 Å². The molecule has 0 amide bonds. The van der Waals surface area contributed by atoms with Crippen LogP contribution in [0.25, 0.3) is 0 Å². The smallest absolute Gasteiger partial charge is 0.346 e. The van der Waals surface area contributed by atoms with Gasteiger partial charge < -0.3 is 9.84 Å². The number of nitro benzene ring substituents is 1. The van der Waals surface area contributed by atoms with Gasteiger partial charge in [0, 0.05) is 12.5 Å². The van der Waals surface area contributed by atoms with Gasteiger partial charge in [0.05, 0.1) is 11.5 Å². The van der Waals surface area contributed by atoms with Crippen molar-refractivity contribution in [1.82, 2.24) is 0 Å². The van der Waals surface area contributed by atoms with Crippen molar-refractivity contribution in [3.8, 4) is 5.75 Å². The molecule has 0 aliphatic carbocycles. The van der Waals surface area contributed by atoms with Crippen LogP contribution in [0.5, 0.6) is 5.75 Å². The van der Waals surface area contributed by atoms with Gasteiger partial charge in [-0.05, 0) is 28.5 Å². The fraction of sp³-hybridized carbons (Fsp3) is 0.154. The molecule has 1 aromatic carbocycles. The predicted molar refractivity (Wildman–Crippen MR) is 73.6 cm³/mol. The maximum Gasteiger partial charge on any atom is 0.346 e. The van der Waals surface area contributed by atoms with E-state index in [2.05, 4.69) is 0 Å². The summed E-state index contributed by atoms with van der Waals surface area (Å²) >= 11 is 1.56. The molecule has 1 heterocycles. The average Bonchev–Trinajstić information content (AvgIpc) is 2.91. The number of carboxylic acids is 1. The van der Waals surface area contributed by atoms with Gasteiger partial charge in [0.25, 0.3) is 5.69 Å². The van der Waals surface area contributed by atoms with E-state index < -0.39 is 22.1 Å². The number of ether oxygens (including phenoxy) is 1. The van der Waals surface area contributed by atoms with Crippen LogP contribution >= 0.6 is 11.3 Å². The number of aromatic carboxylic acids is 1. The van der Waals surface area contributed by atoms with Gasteiger partial charge in [-0.3, -0.25) is 10.1 Å². The normalized spacial score (nSPS) is 10.2. The van der Waals surface area contributed by atoms with Gasteiger partial charge in [-0.25, -0.2) is 4.79 Å². The summed E-state index contributed by atoms with van der Waals surface area (Å²) in [5.74, 6) is -1.36. The number of nitrogens with zero attached hydrogens (tertiary/aromatic N) is 1. The molecule has 0 radical (unpaired) electrons. The summed E-state index contributed by atoms with van der Waals surface area (Å²) in [7, 11) is 0. The first-order valence-corrected chi connectivity index (χ1v) is 6.68. The molecule has 2 rings (SSSR count). The Bertz CT molecular complexity index is 624. The van der Waals surface area contributed by atoms with E-state index in [0.29, 0.717) is 6.42 Å². The molecule has 7 heteroatoms. The van der Waals surface area contributed by atoms with Gasteiger partial charge in [0.2, 0.25) is 0 Å². The zero-order chi connectivity index (χ0) is 14.5. The minimum atomic E-state index is -1.37. The molecule has 0 saturated heterocycles. The van der Waals surface area contributed by atoms with Crippen molar-refractivity contribution in [2.24, 2.45) is 0 Å². The fourth-order valence-electron chi connectivity index (χ4n) is 1.72. The van der Waals surface area contributed by atoms with Gasteiger partial charge in [-0.1, -0.05) is 6.07 Å². The van der Waals surface area contributed by atoms with Crippen LogP contribution in [0, 0.1) is 10.1 Å². The van der Waals surface area contributed by atoms with Crippen molar-refractivity contribution in [3.05, 3.63) is 56.3 Å². The van der Waals surface area contributed by atoms with E-state index in [0.717, 1.165) is 11.6 Å². The Kier molecular flexibility index (Phi) is 4.31. The summed E-state index contributed by atoms with van der Waals surface area (Å²) in [5.41, 5.74) is 0.200. The van der Waals surface area contributed by atoms with E-state index in [1.165, 1.54) is 12.1 Å². The summed E-state index contributed by atoms with van der Waals surface area (Å²) < 4.78 is 5.38. The summed E-state index contributed by atoms with van der Waals surface area (Å²) in [6, 6.07) is 5.92. The first-order valence-electron chi connectivity index (χ1n) is 5.74. The molecular weight excluding hydrogens is 282 g/mol. The zero-order valence-electron chi connectivity index (χ0n) is 10.3. The molecule has 0 aliphatic heterocycles. The van der Waals surface area contributed by atoms with Gasteiger partial charge in [0.1, 0.15) is 5.75 Å². The second kappa shape index (κ2) is 6.16. The first-order chi connectivity index (χ1) is 9.59. The third kappa shape index (κ3) is 3.12. The van der Waals surface area contributed by atoms with Crippen molar-refractivity contribution in [2.45, 2.75) is 6.42 Å². The number of rotatable bonds is 6. The zero-order valence-corrected chi connectivity index (χ0v) is 11.1. The Balaban J connectivity index is 2.16. The number of hydrogen-bond donors (Lipinski definition) is 1. The molecule has 0 unspecified atom stereocenters. The lowest BCUT2D eigenvalue weighted by atomic mass is 10.1. The SMILES string of the molecule is O=C(O)c1c(OCCc2ccsc2)cccc1[N+](=O)[O-]. The lowest BCUT2D eigenvalue weighted by molar-refractivity contribution is -0.385. The molecule has 0 fully saturated rings. The van der Waals surface area contributed by atoms with Crippen LogP contribution in [-0.2, 0) is 6.42 Å². The quantitative estimate of drug-likeness (QED) is 0.653. The summed E-state index contributed by atoms with van der Waals surface area (Å²) in [4.78, 5) is 21.3. The van der Waals surface area contributed by atoms with Crippen molar-refractivity contribution in [1.29, 1.82) is 0 Å². The van der Waals surface area contributed by atoms with Gasteiger partial charge in [-0.2, -0.15) is 11.3 Å². The maximum absolute atomic E-state index is 11.2. The average molecular weight is 293 g/mol. The standard InChI is InChI=1S/C13H11NO5S/c15-13(16)12-10(14(17)18)2-1-3-11(12)19-6-4-9-5-7-20-8-9/h1-3,5,7-8H,4,6H2,(H,15,16). The number of thiophene rings is 1. The third-order valence-corrected chi connectivity index (χ3v) is 3.38. The molecule has 104 valence electrons. The van der Waals surface area contributed by atoms with Crippen LogP contribution in [0.15, 0.2) is 35.0 Å².